The molecule has 1 aromatic rings. The topological polar surface area (TPSA) is 115 Å². The summed E-state index contributed by atoms with van der Waals surface area (Å²) in [5.74, 6) is -0.330. The van der Waals surface area contributed by atoms with Crippen LogP contribution in [0.15, 0.2) is 29.2 Å². The van der Waals surface area contributed by atoms with Gasteiger partial charge >= 0.3 is 0 Å². The van der Waals surface area contributed by atoms with E-state index in [9.17, 15) is 26.9 Å². The van der Waals surface area contributed by atoms with Gasteiger partial charge in [-0.15, -0.1) is 0 Å². The normalized spacial score (nSPS) is 24.5. The third kappa shape index (κ3) is 2.99. The molecule has 0 amide bonds. The predicted molar refractivity (Wildman–Crippen MR) is 79.7 cm³/mol. The average Bonchev–Trinajstić information content (AvgIpc) is 2.73. The van der Waals surface area contributed by atoms with Crippen molar-refractivity contribution in [3.8, 4) is 0 Å². The maximum absolute atomic E-state index is 12.6. The molecule has 1 saturated heterocycles. The van der Waals surface area contributed by atoms with Gasteiger partial charge in [-0.25, -0.2) is 16.8 Å². The third-order valence-electron chi connectivity index (χ3n) is 3.93. The van der Waals surface area contributed by atoms with Gasteiger partial charge in [0.2, 0.25) is 10.0 Å². The lowest BCUT2D eigenvalue weighted by molar-refractivity contribution is -0.385. The number of sulfone groups is 1. The lowest BCUT2D eigenvalue weighted by Crippen LogP contribution is -2.48. The quantitative estimate of drug-likeness (QED) is 0.587. The summed E-state index contributed by atoms with van der Waals surface area (Å²) in [6.07, 6.45) is 0.194. The number of non-ortho nitro benzene ring substituents is 1. The van der Waals surface area contributed by atoms with Crippen molar-refractivity contribution >= 4 is 25.5 Å². The van der Waals surface area contributed by atoms with E-state index in [2.05, 4.69) is 0 Å². The summed E-state index contributed by atoms with van der Waals surface area (Å²) in [5, 5.41) is 10.8. The van der Waals surface area contributed by atoms with E-state index in [0.29, 0.717) is 0 Å². The predicted octanol–water partition coefficient (Wildman–Crippen LogP) is 0.793. The molecule has 2 rings (SSSR count). The van der Waals surface area contributed by atoms with Crippen molar-refractivity contribution in [3.63, 3.8) is 0 Å². The first-order valence-corrected chi connectivity index (χ1v) is 9.68. The number of nitro benzene ring substituents is 1. The van der Waals surface area contributed by atoms with Crippen LogP contribution in [0.2, 0.25) is 0 Å². The molecule has 1 atom stereocenters. The highest BCUT2D eigenvalue weighted by Crippen LogP contribution is 2.33. The van der Waals surface area contributed by atoms with E-state index in [1.807, 2.05) is 0 Å². The Morgan fingerprint density at radius 3 is 2.50 bits per heavy atom. The first-order chi connectivity index (χ1) is 9.98. The summed E-state index contributed by atoms with van der Waals surface area (Å²) in [6.45, 7) is 1.56. The van der Waals surface area contributed by atoms with Crippen molar-refractivity contribution < 1.29 is 21.8 Å². The van der Waals surface area contributed by atoms with Crippen molar-refractivity contribution in [2.45, 2.75) is 23.8 Å². The number of benzene rings is 1. The van der Waals surface area contributed by atoms with E-state index in [1.165, 1.54) is 25.2 Å². The largest absolute Gasteiger partial charge is 0.270 e. The fourth-order valence-electron chi connectivity index (χ4n) is 2.45. The molecule has 0 N–H and O–H groups in total. The number of nitro groups is 1. The molecule has 8 nitrogen and oxygen atoms in total. The van der Waals surface area contributed by atoms with Crippen molar-refractivity contribution in [3.05, 3.63) is 34.4 Å². The van der Waals surface area contributed by atoms with Crippen LogP contribution in [0.1, 0.15) is 13.3 Å². The highest BCUT2D eigenvalue weighted by atomic mass is 32.2. The van der Waals surface area contributed by atoms with Gasteiger partial charge < -0.3 is 0 Å². The highest BCUT2D eigenvalue weighted by Gasteiger charge is 2.46. The van der Waals surface area contributed by atoms with Crippen LogP contribution < -0.4 is 0 Å². The average molecular weight is 348 g/mol. The Morgan fingerprint density at radius 1 is 1.36 bits per heavy atom. The first-order valence-electron chi connectivity index (χ1n) is 6.42. The summed E-state index contributed by atoms with van der Waals surface area (Å²) < 4.78 is 49.5. The van der Waals surface area contributed by atoms with E-state index in [-0.39, 0.29) is 28.5 Å². The number of hydrogen-bond donors (Lipinski definition) is 0. The van der Waals surface area contributed by atoms with E-state index in [0.717, 1.165) is 10.4 Å². The molecule has 0 unspecified atom stereocenters. The molecule has 0 aliphatic carbocycles. The van der Waals surface area contributed by atoms with E-state index < -0.39 is 30.3 Å². The van der Waals surface area contributed by atoms with Gasteiger partial charge in [-0.2, -0.15) is 4.31 Å². The minimum Gasteiger partial charge on any atom is -0.258 e. The highest BCUT2D eigenvalue weighted by molar-refractivity contribution is 7.92. The number of hydrogen-bond acceptors (Lipinski definition) is 6. The van der Waals surface area contributed by atoms with Crippen molar-refractivity contribution in [2.75, 3.05) is 18.6 Å². The zero-order valence-electron chi connectivity index (χ0n) is 12.1. The molecule has 0 saturated carbocycles. The van der Waals surface area contributed by atoms with Crippen molar-refractivity contribution in [2.24, 2.45) is 0 Å². The molecule has 0 radical (unpaired) electrons. The van der Waals surface area contributed by atoms with Crippen LogP contribution in [0.3, 0.4) is 0 Å². The monoisotopic (exact) mass is 348 g/mol. The molecule has 0 bridgehead atoms. The number of nitrogens with zero attached hydrogens (tertiary/aromatic N) is 2. The Morgan fingerprint density at radius 2 is 2.00 bits per heavy atom. The van der Waals surface area contributed by atoms with Gasteiger partial charge in [0.15, 0.2) is 9.84 Å². The smallest absolute Gasteiger partial charge is 0.258 e. The fourth-order valence-corrected chi connectivity index (χ4v) is 6.28. The standard InChI is InChI=1S/C12H16N2O6S2/c1-12(6-7-21(17,18)9-12)13(2)22(19,20)11-5-3-4-10(8-11)14(15)16/h3-5,8H,6-7,9H2,1-2H3/t12-/m1/s1. The molecule has 1 aromatic carbocycles. The molecule has 1 aliphatic heterocycles. The minimum atomic E-state index is -4.02. The Bertz CT molecular complexity index is 818. The molecule has 0 aromatic heterocycles. The van der Waals surface area contributed by atoms with Crippen LogP contribution in [-0.2, 0) is 19.9 Å². The molecule has 0 spiro atoms. The van der Waals surface area contributed by atoms with Gasteiger partial charge in [-0.3, -0.25) is 10.1 Å². The molecule has 10 heteroatoms. The summed E-state index contributed by atoms with van der Waals surface area (Å²) in [5.41, 5.74) is -1.39. The van der Waals surface area contributed by atoms with Crippen molar-refractivity contribution in [1.82, 2.24) is 4.31 Å². The minimum absolute atomic E-state index is 0.0711. The second-order valence-electron chi connectivity index (χ2n) is 5.57. The van der Waals surface area contributed by atoms with Gasteiger partial charge in [0.25, 0.3) is 5.69 Å². The molecular weight excluding hydrogens is 332 g/mol. The third-order valence-corrected chi connectivity index (χ3v) is 7.83. The Balaban J connectivity index is 2.42. The van der Waals surface area contributed by atoms with Crippen LogP contribution in [0, 0.1) is 10.1 Å². The lowest BCUT2D eigenvalue weighted by atomic mass is 10.0. The second kappa shape index (κ2) is 5.28. The summed E-state index contributed by atoms with van der Waals surface area (Å²) in [7, 11) is -6.00. The Hall–Kier alpha value is -1.52. The van der Waals surface area contributed by atoms with Gasteiger partial charge in [-0.05, 0) is 19.4 Å². The number of sulfonamides is 1. The number of rotatable bonds is 4. The van der Waals surface area contributed by atoms with E-state index in [4.69, 9.17) is 0 Å². The molecule has 1 heterocycles. The van der Waals surface area contributed by atoms with Gasteiger partial charge in [0.1, 0.15) is 0 Å². The Labute approximate surface area is 128 Å². The molecule has 22 heavy (non-hydrogen) atoms. The van der Waals surface area contributed by atoms with Crippen molar-refractivity contribution in [1.29, 1.82) is 0 Å². The van der Waals surface area contributed by atoms with E-state index in [1.54, 1.807) is 6.92 Å². The zero-order valence-corrected chi connectivity index (χ0v) is 13.7. The second-order valence-corrected chi connectivity index (χ2v) is 9.72. The maximum Gasteiger partial charge on any atom is 0.270 e. The summed E-state index contributed by atoms with van der Waals surface area (Å²) in [4.78, 5) is 9.87. The maximum atomic E-state index is 12.6. The molecule has 122 valence electrons. The summed E-state index contributed by atoms with van der Waals surface area (Å²) >= 11 is 0. The molecule has 1 aliphatic rings. The van der Waals surface area contributed by atoms with Gasteiger partial charge in [-0.1, -0.05) is 6.07 Å². The molecular formula is C12H16N2O6S2. The zero-order chi connectivity index (χ0) is 16.8. The van der Waals surface area contributed by atoms with Gasteiger partial charge in [0, 0.05) is 24.7 Å². The first kappa shape index (κ1) is 16.8. The lowest BCUT2D eigenvalue weighted by Gasteiger charge is -2.33. The summed E-state index contributed by atoms with van der Waals surface area (Å²) in [6, 6.07) is 4.71. The van der Waals surface area contributed by atoms with Crippen LogP contribution in [0.25, 0.3) is 0 Å². The van der Waals surface area contributed by atoms with Gasteiger partial charge in [0.05, 0.1) is 21.3 Å². The van der Waals surface area contributed by atoms with Crippen LogP contribution in [-0.4, -0.2) is 50.2 Å². The molecule has 1 fully saturated rings. The fraction of sp³-hybridized carbons (Fsp3) is 0.500. The Kier molecular flexibility index (Phi) is 4.05. The SMILES string of the molecule is CN([C@]1(C)CCS(=O)(=O)C1)S(=O)(=O)c1cccc([N+](=O)[O-])c1. The van der Waals surface area contributed by atoms with Crippen LogP contribution >= 0.6 is 0 Å². The van der Waals surface area contributed by atoms with Crippen LogP contribution in [0.4, 0.5) is 5.69 Å². The van der Waals surface area contributed by atoms with Crippen LogP contribution in [0.5, 0.6) is 0 Å². The van der Waals surface area contributed by atoms with E-state index >= 15 is 0 Å².